The highest BCUT2D eigenvalue weighted by Gasteiger charge is 2.22. The summed E-state index contributed by atoms with van der Waals surface area (Å²) < 4.78 is 16.4. The molecule has 1 rings (SSSR count). The van der Waals surface area contributed by atoms with Gasteiger partial charge in [0.1, 0.15) is 18.4 Å². The minimum Gasteiger partial charge on any atom is -0.440 e. The summed E-state index contributed by atoms with van der Waals surface area (Å²) in [4.78, 5) is 9.76. The summed E-state index contributed by atoms with van der Waals surface area (Å²) in [5.41, 5.74) is -0.129. The third kappa shape index (κ3) is 3.03. The molecule has 0 spiro atoms. The van der Waals surface area contributed by atoms with Gasteiger partial charge in [-0.15, -0.1) is 0 Å². The number of hydrogen-bond acceptors (Lipinski definition) is 6. The van der Waals surface area contributed by atoms with Crippen molar-refractivity contribution in [3.05, 3.63) is 34.4 Å². The first-order chi connectivity index (χ1) is 7.50. The lowest BCUT2D eigenvalue weighted by atomic mass is 10.3. The minimum atomic E-state index is -3.50. The summed E-state index contributed by atoms with van der Waals surface area (Å²) in [6, 6.07) is 4.84. The van der Waals surface area contributed by atoms with E-state index in [9.17, 15) is 14.7 Å². The molecule has 2 N–H and O–H groups in total. The second kappa shape index (κ2) is 5.07. The van der Waals surface area contributed by atoms with Crippen molar-refractivity contribution in [2.45, 2.75) is 0 Å². The fourth-order valence-electron chi connectivity index (χ4n) is 0.923. The van der Waals surface area contributed by atoms with Crippen LogP contribution in [-0.4, -0.2) is 27.8 Å². The quantitative estimate of drug-likeness (QED) is 0.458. The zero-order valence-electron chi connectivity index (χ0n) is 8.15. The van der Waals surface area contributed by atoms with Crippen molar-refractivity contribution >= 4 is 13.1 Å². The highest BCUT2D eigenvalue weighted by Crippen LogP contribution is 2.44. The van der Waals surface area contributed by atoms with Gasteiger partial charge in [-0.25, -0.2) is 0 Å². The van der Waals surface area contributed by atoms with E-state index in [4.69, 9.17) is 14.7 Å². The zero-order valence-corrected chi connectivity index (χ0v) is 9.04. The molecule has 0 aliphatic heterocycles. The van der Waals surface area contributed by atoms with Gasteiger partial charge in [0.15, 0.2) is 0 Å². The van der Waals surface area contributed by atoms with Crippen LogP contribution in [0.3, 0.4) is 0 Å². The molecular formula is C8H10NO6P. The Hall–Kier alpha value is -1.43. The van der Waals surface area contributed by atoms with Crippen LogP contribution in [0.2, 0.25) is 0 Å². The van der Waals surface area contributed by atoms with Crippen molar-refractivity contribution in [2.75, 3.05) is 12.7 Å². The van der Waals surface area contributed by atoms with Gasteiger partial charge in [-0.2, -0.15) is 0 Å². The summed E-state index contributed by atoms with van der Waals surface area (Å²) in [6.07, 6.45) is -1.58. The average Bonchev–Trinajstić information content (AvgIpc) is 2.29. The molecule has 0 saturated heterocycles. The number of nitro groups is 1. The Labute approximate surface area is 90.9 Å². The summed E-state index contributed by atoms with van der Waals surface area (Å²) >= 11 is 0. The van der Waals surface area contributed by atoms with Crippen LogP contribution in [0.5, 0.6) is 5.75 Å². The van der Waals surface area contributed by atoms with Crippen molar-refractivity contribution in [3.63, 3.8) is 0 Å². The van der Waals surface area contributed by atoms with E-state index in [1.807, 2.05) is 0 Å². The lowest BCUT2D eigenvalue weighted by Gasteiger charge is -2.14. The Morgan fingerprint density at radius 2 is 1.75 bits per heavy atom. The number of nitrogens with zero attached hydrogens (tertiary/aromatic N) is 1. The van der Waals surface area contributed by atoms with E-state index in [1.165, 1.54) is 24.3 Å². The normalized spacial score (nSPS) is 11.1. The monoisotopic (exact) mass is 247 g/mol. The molecule has 0 saturated carbocycles. The lowest BCUT2D eigenvalue weighted by molar-refractivity contribution is -0.384. The van der Waals surface area contributed by atoms with E-state index in [0.29, 0.717) is 0 Å². The average molecular weight is 247 g/mol. The van der Waals surface area contributed by atoms with Crippen molar-refractivity contribution in [1.29, 1.82) is 0 Å². The van der Waals surface area contributed by atoms with E-state index < -0.39 is 25.0 Å². The van der Waals surface area contributed by atoms with Crippen molar-refractivity contribution in [3.8, 4) is 5.75 Å². The maximum absolute atomic E-state index is 11.5. The highest BCUT2D eigenvalue weighted by molar-refractivity contribution is 7.58. The SMILES string of the molecule is O=[N+]([O-])c1ccc(OP(=O)(CO)CO)cc1. The molecule has 88 valence electrons. The number of nitro benzene ring substituents is 1. The molecular weight excluding hydrogens is 237 g/mol. The number of hydrogen-bond donors (Lipinski definition) is 2. The van der Waals surface area contributed by atoms with Crippen LogP contribution in [-0.2, 0) is 4.57 Å². The molecule has 1 aromatic rings. The molecule has 0 bridgehead atoms. The van der Waals surface area contributed by atoms with E-state index >= 15 is 0 Å². The molecule has 0 aromatic heterocycles. The molecule has 0 unspecified atom stereocenters. The highest BCUT2D eigenvalue weighted by atomic mass is 31.2. The molecule has 0 fully saturated rings. The first-order valence-corrected chi connectivity index (χ1v) is 6.24. The second-order valence-corrected chi connectivity index (χ2v) is 5.32. The fraction of sp³-hybridized carbons (Fsp3) is 0.250. The molecule has 8 heteroatoms. The molecule has 0 aliphatic rings. The van der Waals surface area contributed by atoms with Crippen LogP contribution in [0.25, 0.3) is 0 Å². The van der Waals surface area contributed by atoms with Crippen LogP contribution >= 0.6 is 7.37 Å². The zero-order chi connectivity index (χ0) is 12.2. The van der Waals surface area contributed by atoms with E-state index in [-0.39, 0.29) is 11.4 Å². The topological polar surface area (TPSA) is 110 Å². The van der Waals surface area contributed by atoms with Crippen molar-refractivity contribution in [1.82, 2.24) is 0 Å². The Morgan fingerprint density at radius 1 is 1.25 bits per heavy atom. The first-order valence-electron chi connectivity index (χ1n) is 4.24. The lowest BCUT2D eigenvalue weighted by Crippen LogP contribution is -2.01. The Kier molecular flexibility index (Phi) is 4.00. The fourth-order valence-corrected chi connectivity index (χ4v) is 1.63. The smallest absolute Gasteiger partial charge is 0.297 e. The summed E-state index contributed by atoms with van der Waals surface area (Å²) in [7, 11) is -3.50. The molecule has 0 amide bonds. The summed E-state index contributed by atoms with van der Waals surface area (Å²) in [6.45, 7) is 0. The van der Waals surface area contributed by atoms with Crippen LogP contribution in [0.1, 0.15) is 0 Å². The van der Waals surface area contributed by atoms with E-state index in [1.54, 1.807) is 0 Å². The summed E-state index contributed by atoms with van der Waals surface area (Å²) in [5, 5.41) is 27.8. The molecule has 0 aliphatic carbocycles. The van der Waals surface area contributed by atoms with Gasteiger partial charge in [0, 0.05) is 12.1 Å². The predicted octanol–water partition coefficient (Wildman–Crippen LogP) is 1.15. The molecule has 0 atom stereocenters. The van der Waals surface area contributed by atoms with Crippen molar-refractivity contribution < 1.29 is 24.2 Å². The molecule has 1 aromatic carbocycles. The Bertz CT molecular complexity index is 409. The van der Waals surface area contributed by atoms with Crippen LogP contribution in [0.4, 0.5) is 5.69 Å². The first kappa shape index (κ1) is 12.6. The van der Waals surface area contributed by atoms with Crippen LogP contribution in [0, 0.1) is 10.1 Å². The summed E-state index contributed by atoms with van der Waals surface area (Å²) in [5.74, 6) is 0.0945. The standard InChI is InChI=1S/C8H10NO6P/c10-5-16(14,6-11)15-8-3-1-7(2-4-8)9(12)13/h1-4,10-11H,5-6H2. The van der Waals surface area contributed by atoms with Gasteiger partial charge in [-0.3, -0.25) is 14.7 Å². The van der Waals surface area contributed by atoms with Gasteiger partial charge in [-0.1, -0.05) is 0 Å². The van der Waals surface area contributed by atoms with Crippen molar-refractivity contribution in [2.24, 2.45) is 0 Å². The number of benzene rings is 1. The van der Waals surface area contributed by atoms with Gasteiger partial charge in [0.05, 0.1) is 4.92 Å². The number of non-ortho nitro benzene ring substituents is 1. The third-order valence-corrected chi connectivity index (χ3v) is 3.16. The second-order valence-electron chi connectivity index (χ2n) is 2.94. The third-order valence-electron chi connectivity index (χ3n) is 1.75. The van der Waals surface area contributed by atoms with Gasteiger partial charge in [0.2, 0.25) is 0 Å². The molecule has 0 heterocycles. The molecule has 0 radical (unpaired) electrons. The van der Waals surface area contributed by atoms with Gasteiger partial charge >= 0.3 is 0 Å². The molecule has 7 nitrogen and oxygen atoms in total. The number of aliphatic hydroxyl groups is 2. The van der Waals surface area contributed by atoms with E-state index in [2.05, 4.69) is 0 Å². The number of aliphatic hydroxyl groups excluding tert-OH is 2. The Morgan fingerprint density at radius 3 is 2.12 bits per heavy atom. The number of rotatable bonds is 5. The van der Waals surface area contributed by atoms with Crippen LogP contribution in [0.15, 0.2) is 24.3 Å². The van der Waals surface area contributed by atoms with Gasteiger partial charge in [0.25, 0.3) is 13.1 Å². The van der Waals surface area contributed by atoms with Crippen LogP contribution < -0.4 is 4.52 Å². The maximum atomic E-state index is 11.5. The Balaban J connectivity index is 2.83. The largest absolute Gasteiger partial charge is 0.440 e. The van der Waals surface area contributed by atoms with Gasteiger partial charge < -0.3 is 14.7 Å². The minimum absolute atomic E-state index is 0.0945. The van der Waals surface area contributed by atoms with E-state index in [0.717, 1.165) is 0 Å². The maximum Gasteiger partial charge on any atom is 0.297 e. The molecule has 16 heavy (non-hydrogen) atoms. The predicted molar refractivity (Wildman–Crippen MR) is 55.5 cm³/mol. The van der Waals surface area contributed by atoms with Gasteiger partial charge in [-0.05, 0) is 12.1 Å².